The van der Waals surface area contributed by atoms with Crippen molar-refractivity contribution < 1.29 is 19.8 Å². The second-order valence-corrected chi connectivity index (χ2v) is 16.7. The standard InChI is InChI=1S/C39H43Cl3N12O4/c1-2-36(57)51-18-25(19-51)47-5-9-49(10-6-47)38-43-22-53(45-38)32-14-28(29(40)16-34(32)55)27-13-24(27)3-4-37(58)52-20-26(21-52)48-7-11-50(12-8-48)39-44-23-54(46-39)33-15-30(41)31(42)17-35(33)56/h2-4,14-17,22-27,55-56H,1,5-13,18-21H2. The summed E-state index contributed by atoms with van der Waals surface area (Å²) in [4.78, 5) is 46.7. The summed E-state index contributed by atoms with van der Waals surface area (Å²) in [7, 11) is 0. The van der Waals surface area contributed by atoms with Crippen molar-refractivity contribution in [1.82, 2.24) is 49.1 Å². The maximum Gasteiger partial charge on any atom is 0.246 e. The van der Waals surface area contributed by atoms with Crippen LogP contribution in [-0.4, -0.2) is 162 Å². The first-order chi connectivity index (χ1) is 28.0. The molecule has 2 amide bonds. The smallest absolute Gasteiger partial charge is 0.246 e. The molecule has 6 heterocycles. The lowest BCUT2D eigenvalue weighted by atomic mass is 10.1. The number of likely N-dealkylation sites (tertiary alicyclic amines) is 2. The summed E-state index contributed by atoms with van der Waals surface area (Å²) < 4.78 is 3.08. The molecule has 304 valence electrons. The van der Waals surface area contributed by atoms with E-state index in [1.165, 1.54) is 16.8 Å². The van der Waals surface area contributed by atoms with Crippen LogP contribution in [0.1, 0.15) is 17.9 Å². The topological polar surface area (TPSA) is 155 Å². The Morgan fingerprint density at radius 2 is 1.16 bits per heavy atom. The number of allylic oxidation sites excluding steroid dienone is 1. The number of hydrogen-bond donors (Lipinski definition) is 2. The fourth-order valence-electron chi connectivity index (χ4n) is 8.31. The molecule has 9 rings (SSSR count). The summed E-state index contributed by atoms with van der Waals surface area (Å²) in [5.74, 6) is 1.43. The maximum absolute atomic E-state index is 13.1. The van der Waals surface area contributed by atoms with Crippen LogP contribution in [0.3, 0.4) is 0 Å². The Labute approximate surface area is 350 Å². The minimum atomic E-state index is -0.0369. The van der Waals surface area contributed by atoms with Gasteiger partial charge >= 0.3 is 0 Å². The molecule has 1 aliphatic carbocycles. The van der Waals surface area contributed by atoms with Crippen molar-refractivity contribution in [3.8, 4) is 22.9 Å². The molecule has 2 aromatic heterocycles. The van der Waals surface area contributed by atoms with Crippen LogP contribution < -0.4 is 9.80 Å². The van der Waals surface area contributed by atoms with E-state index in [2.05, 4.69) is 41.2 Å². The number of phenolic OH excluding ortho intramolecular Hbond substituents is 2. The van der Waals surface area contributed by atoms with Crippen LogP contribution in [0.5, 0.6) is 11.5 Å². The van der Waals surface area contributed by atoms with Gasteiger partial charge in [0.15, 0.2) is 0 Å². The summed E-state index contributed by atoms with van der Waals surface area (Å²) in [6.07, 6.45) is 9.05. The number of halogens is 3. The lowest BCUT2D eigenvalue weighted by molar-refractivity contribution is -0.134. The third kappa shape index (κ3) is 7.59. The quantitative estimate of drug-likeness (QED) is 0.225. The van der Waals surface area contributed by atoms with Gasteiger partial charge < -0.3 is 29.8 Å². The molecule has 5 fully saturated rings. The first-order valence-corrected chi connectivity index (χ1v) is 20.6. The van der Waals surface area contributed by atoms with Gasteiger partial charge in [-0.3, -0.25) is 19.4 Å². The highest BCUT2D eigenvalue weighted by atomic mass is 35.5. The molecule has 2 unspecified atom stereocenters. The molecule has 4 aromatic rings. The van der Waals surface area contributed by atoms with Gasteiger partial charge in [-0.05, 0) is 48.1 Å². The zero-order valence-electron chi connectivity index (χ0n) is 31.6. The Balaban J connectivity index is 0.735. The molecule has 0 radical (unpaired) electrons. The summed E-state index contributed by atoms with van der Waals surface area (Å²) in [5.41, 5.74) is 1.81. The third-order valence-corrected chi connectivity index (χ3v) is 13.1. The zero-order chi connectivity index (χ0) is 40.2. The Morgan fingerprint density at radius 1 is 0.672 bits per heavy atom. The Morgan fingerprint density at radius 3 is 1.69 bits per heavy atom. The molecule has 1 saturated carbocycles. The largest absolute Gasteiger partial charge is 0.506 e. The summed E-state index contributed by atoms with van der Waals surface area (Å²) in [6, 6.07) is 7.05. The van der Waals surface area contributed by atoms with Crippen LogP contribution in [0.25, 0.3) is 11.4 Å². The van der Waals surface area contributed by atoms with Crippen LogP contribution in [0.15, 0.2) is 61.7 Å². The first-order valence-electron chi connectivity index (χ1n) is 19.4. The van der Waals surface area contributed by atoms with E-state index >= 15 is 0 Å². The SMILES string of the molecule is C=CC(=O)N1CC(N2CCN(c3ncn(-c4cc(C5CC5C=CC(=O)N5CC(N6CCN(c7ncn(-c8cc(Cl)c(Cl)cc8O)n7)CC6)C5)c(Cl)cc4O)n3)CC2)C1. The highest BCUT2D eigenvalue weighted by Gasteiger charge is 2.40. The molecule has 4 saturated heterocycles. The lowest BCUT2D eigenvalue weighted by Gasteiger charge is -2.47. The van der Waals surface area contributed by atoms with E-state index in [9.17, 15) is 19.8 Å². The number of benzene rings is 2. The van der Waals surface area contributed by atoms with Crippen molar-refractivity contribution in [3.63, 3.8) is 0 Å². The average Bonchev–Trinajstić information content (AvgIpc) is 3.51. The Hall–Kier alpha value is -4.87. The maximum atomic E-state index is 13.1. The molecule has 0 bridgehead atoms. The van der Waals surface area contributed by atoms with Gasteiger partial charge in [0, 0.05) is 108 Å². The average molecular weight is 850 g/mol. The molecule has 2 atom stereocenters. The predicted molar refractivity (Wildman–Crippen MR) is 220 cm³/mol. The number of carbonyl (C=O) groups excluding carboxylic acids is 2. The van der Waals surface area contributed by atoms with Gasteiger partial charge in [0.05, 0.1) is 10.0 Å². The van der Waals surface area contributed by atoms with E-state index in [-0.39, 0.29) is 40.2 Å². The van der Waals surface area contributed by atoms with Gasteiger partial charge in [-0.15, -0.1) is 10.2 Å². The van der Waals surface area contributed by atoms with Crippen molar-refractivity contribution in [3.05, 3.63) is 82.4 Å². The minimum absolute atomic E-state index is 0.00626. The molecule has 2 aromatic carbocycles. The van der Waals surface area contributed by atoms with Crippen LogP contribution in [0, 0.1) is 5.92 Å². The number of carbonyl (C=O) groups is 2. The van der Waals surface area contributed by atoms with Crippen molar-refractivity contribution >= 4 is 58.5 Å². The van der Waals surface area contributed by atoms with Crippen molar-refractivity contribution in [1.29, 1.82) is 0 Å². The number of piperazine rings is 2. The highest BCUT2D eigenvalue weighted by molar-refractivity contribution is 6.42. The fraction of sp³-hybridized carbons (Fsp3) is 0.436. The second kappa shape index (κ2) is 15.7. The highest BCUT2D eigenvalue weighted by Crippen LogP contribution is 2.51. The molecular formula is C39H43Cl3N12O4. The van der Waals surface area contributed by atoms with Crippen molar-refractivity contribution in [2.75, 3.05) is 88.3 Å². The van der Waals surface area contributed by atoms with Gasteiger partial charge in [-0.1, -0.05) is 47.5 Å². The number of hydrogen-bond acceptors (Lipinski definition) is 12. The van der Waals surface area contributed by atoms with E-state index in [1.807, 2.05) is 21.9 Å². The first kappa shape index (κ1) is 38.6. The molecule has 2 N–H and O–H groups in total. The molecule has 58 heavy (non-hydrogen) atoms. The van der Waals surface area contributed by atoms with E-state index < -0.39 is 0 Å². The van der Waals surface area contributed by atoms with Gasteiger partial charge in [-0.2, -0.15) is 9.97 Å². The molecule has 5 aliphatic rings. The lowest BCUT2D eigenvalue weighted by Crippen LogP contribution is -2.64. The van der Waals surface area contributed by atoms with Crippen molar-refractivity contribution in [2.45, 2.75) is 24.4 Å². The van der Waals surface area contributed by atoms with Crippen LogP contribution in [0.4, 0.5) is 11.9 Å². The van der Waals surface area contributed by atoms with E-state index in [1.54, 1.807) is 35.5 Å². The molecule has 4 aliphatic heterocycles. The molecular weight excluding hydrogens is 807 g/mol. The van der Waals surface area contributed by atoms with E-state index in [4.69, 9.17) is 39.9 Å². The summed E-state index contributed by atoms with van der Waals surface area (Å²) in [5, 5.41) is 31.5. The van der Waals surface area contributed by atoms with Gasteiger partial charge in [0.2, 0.25) is 23.7 Å². The Kier molecular flexibility index (Phi) is 10.5. The predicted octanol–water partition coefficient (Wildman–Crippen LogP) is 3.43. The summed E-state index contributed by atoms with van der Waals surface area (Å²) in [6.45, 7) is 12.8. The molecule has 16 nitrogen and oxygen atoms in total. The molecule has 19 heteroatoms. The second-order valence-electron chi connectivity index (χ2n) is 15.5. The van der Waals surface area contributed by atoms with E-state index in [0.717, 1.165) is 77.4 Å². The van der Waals surface area contributed by atoms with Crippen LogP contribution in [0.2, 0.25) is 15.1 Å². The number of aromatic nitrogens is 6. The van der Waals surface area contributed by atoms with Crippen molar-refractivity contribution in [2.24, 2.45) is 5.92 Å². The fourth-order valence-corrected chi connectivity index (χ4v) is 8.92. The Bertz CT molecular complexity index is 2250. The number of amides is 2. The number of nitrogens with zero attached hydrogens (tertiary/aromatic N) is 12. The van der Waals surface area contributed by atoms with Crippen LogP contribution >= 0.6 is 34.8 Å². The van der Waals surface area contributed by atoms with E-state index in [0.29, 0.717) is 58.5 Å². The van der Waals surface area contributed by atoms with Gasteiger partial charge in [0.1, 0.15) is 35.5 Å². The monoisotopic (exact) mass is 848 g/mol. The normalized spacial score (nSPS) is 22.1. The van der Waals surface area contributed by atoms with Crippen LogP contribution in [-0.2, 0) is 9.59 Å². The number of rotatable bonds is 10. The summed E-state index contributed by atoms with van der Waals surface area (Å²) >= 11 is 18.8. The zero-order valence-corrected chi connectivity index (χ0v) is 33.9. The minimum Gasteiger partial charge on any atom is -0.506 e. The van der Waals surface area contributed by atoms with Gasteiger partial charge in [0.25, 0.3) is 0 Å². The third-order valence-electron chi connectivity index (χ3n) is 12.0. The number of aromatic hydroxyl groups is 2. The van der Waals surface area contributed by atoms with Gasteiger partial charge in [-0.25, -0.2) is 9.36 Å². The molecule has 0 spiro atoms. The number of anilines is 2. The number of phenols is 2.